The maximum atomic E-state index is 11.6. The summed E-state index contributed by atoms with van der Waals surface area (Å²) in [5.41, 5.74) is 1.91. The SMILES string of the molecule is O=C(O)C1=c2c(cnn2OCc2ccccc2)=C2CN1C=N2. The summed E-state index contributed by atoms with van der Waals surface area (Å²) in [6.07, 6.45) is 3.12. The predicted octanol–water partition coefficient (Wildman–Crippen LogP) is -0.830. The van der Waals surface area contributed by atoms with Gasteiger partial charge in [-0.3, -0.25) is 0 Å². The summed E-state index contributed by atoms with van der Waals surface area (Å²) in [5, 5.41) is 14.8. The van der Waals surface area contributed by atoms with Gasteiger partial charge in [-0.2, -0.15) is 0 Å². The first-order chi connectivity index (χ1) is 10.7. The molecule has 0 fully saturated rings. The quantitative estimate of drug-likeness (QED) is 0.796. The molecule has 0 saturated heterocycles. The summed E-state index contributed by atoms with van der Waals surface area (Å²) < 4.78 is 0. The van der Waals surface area contributed by atoms with Crippen LogP contribution in [0.3, 0.4) is 0 Å². The fourth-order valence-corrected chi connectivity index (χ4v) is 2.60. The van der Waals surface area contributed by atoms with Crippen LogP contribution in [-0.2, 0) is 11.4 Å². The first-order valence-electron chi connectivity index (χ1n) is 6.77. The molecule has 1 N–H and O–H groups in total. The van der Waals surface area contributed by atoms with E-state index in [2.05, 4.69) is 10.1 Å². The number of hydrogen-bond donors (Lipinski definition) is 1. The first-order valence-corrected chi connectivity index (χ1v) is 6.77. The molecule has 3 heterocycles. The zero-order valence-corrected chi connectivity index (χ0v) is 11.5. The molecule has 7 nitrogen and oxygen atoms in total. The van der Waals surface area contributed by atoms with Crippen LogP contribution in [0.4, 0.5) is 0 Å². The van der Waals surface area contributed by atoms with Gasteiger partial charge in [0.05, 0.1) is 24.8 Å². The van der Waals surface area contributed by atoms with Crippen LogP contribution in [0, 0.1) is 0 Å². The molecule has 2 bridgehead atoms. The summed E-state index contributed by atoms with van der Waals surface area (Å²) in [7, 11) is 0. The lowest BCUT2D eigenvalue weighted by Gasteiger charge is -2.17. The largest absolute Gasteiger partial charge is 0.477 e. The standard InChI is InChI=1S/C15H12N4O3/c20-15(21)14-13-11(12-7-18(14)9-16-12)6-17-19(13)22-8-10-4-2-1-3-5-10/h1-6,9H,7-8H2,(H,20,21). The molecule has 0 unspecified atom stereocenters. The predicted molar refractivity (Wildman–Crippen MR) is 77.9 cm³/mol. The highest BCUT2D eigenvalue weighted by Gasteiger charge is 2.29. The zero-order chi connectivity index (χ0) is 15.1. The Labute approximate surface area is 125 Å². The minimum Gasteiger partial charge on any atom is -0.477 e. The van der Waals surface area contributed by atoms with E-state index < -0.39 is 5.97 Å². The van der Waals surface area contributed by atoms with Crippen LogP contribution in [-0.4, -0.2) is 38.8 Å². The van der Waals surface area contributed by atoms with Crippen molar-refractivity contribution >= 4 is 23.7 Å². The van der Waals surface area contributed by atoms with Gasteiger partial charge < -0.3 is 14.8 Å². The molecule has 7 heteroatoms. The Bertz CT molecular complexity index is 899. The number of carbonyl (C=O) groups is 1. The molecule has 2 aliphatic heterocycles. The Morgan fingerprint density at radius 1 is 1.32 bits per heavy atom. The van der Waals surface area contributed by atoms with Crippen molar-refractivity contribution in [2.45, 2.75) is 6.61 Å². The van der Waals surface area contributed by atoms with Crippen LogP contribution in [0.2, 0.25) is 0 Å². The lowest BCUT2D eigenvalue weighted by Crippen LogP contribution is -2.45. The summed E-state index contributed by atoms with van der Waals surface area (Å²) >= 11 is 0. The Balaban J connectivity index is 1.79. The van der Waals surface area contributed by atoms with Crippen LogP contribution in [0.25, 0.3) is 11.4 Å². The van der Waals surface area contributed by atoms with Crippen LogP contribution in [0.15, 0.2) is 41.5 Å². The maximum absolute atomic E-state index is 11.6. The molecule has 2 aromatic rings. The molecule has 0 spiro atoms. The number of benzene rings is 1. The minimum absolute atomic E-state index is 0.130. The summed E-state index contributed by atoms with van der Waals surface area (Å²) in [6, 6.07) is 9.63. The van der Waals surface area contributed by atoms with Crippen LogP contribution in [0.1, 0.15) is 5.56 Å². The third-order valence-electron chi connectivity index (χ3n) is 3.63. The van der Waals surface area contributed by atoms with Gasteiger partial charge in [0.1, 0.15) is 12.0 Å². The van der Waals surface area contributed by atoms with E-state index in [-0.39, 0.29) is 5.70 Å². The van der Waals surface area contributed by atoms with E-state index in [0.717, 1.165) is 11.3 Å². The number of fused-ring (bicyclic) bond motifs is 3. The molecule has 22 heavy (non-hydrogen) atoms. The number of carboxylic acid groups (broad SMARTS) is 1. The number of rotatable bonds is 4. The third-order valence-corrected chi connectivity index (χ3v) is 3.63. The van der Waals surface area contributed by atoms with Gasteiger partial charge in [-0.15, -0.1) is 5.10 Å². The zero-order valence-electron chi connectivity index (χ0n) is 11.5. The Hall–Kier alpha value is -3.09. The van der Waals surface area contributed by atoms with Gasteiger partial charge in [0.15, 0.2) is 5.70 Å². The molecule has 0 aliphatic carbocycles. The van der Waals surface area contributed by atoms with Crippen molar-refractivity contribution in [1.29, 1.82) is 0 Å². The van der Waals surface area contributed by atoms with E-state index in [1.165, 1.54) is 11.2 Å². The molecular formula is C15H12N4O3. The number of hydrogen-bond acceptors (Lipinski definition) is 5. The van der Waals surface area contributed by atoms with Crippen LogP contribution in [0.5, 0.6) is 0 Å². The summed E-state index contributed by atoms with van der Waals surface area (Å²) in [4.78, 5) is 24.3. The Morgan fingerprint density at radius 2 is 2.14 bits per heavy atom. The van der Waals surface area contributed by atoms with Crippen molar-refractivity contribution in [2.24, 2.45) is 4.99 Å². The second kappa shape index (κ2) is 4.73. The van der Waals surface area contributed by atoms with Crippen molar-refractivity contribution in [3.05, 3.63) is 52.7 Å². The van der Waals surface area contributed by atoms with Gasteiger partial charge >= 0.3 is 5.97 Å². The Morgan fingerprint density at radius 3 is 2.91 bits per heavy atom. The highest BCUT2D eigenvalue weighted by Crippen LogP contribution is 2.15. The molecule has 0 amide bonds. The maximum Gasteiger partial charge on any atom is 0.354 e. The molecule has 0 radical (unpaired) electrons. The van der Waals surface area contributed by atoms with Gasteiger partial charge in [-0.1, -0.05) is 35.2 Å². The van der Waals surface area contributed by atoms with Crippen molar-refractivity contribution in [3.63, 3.8) is 0 Å². The molecule has 0 atom stereocenters. The van der Waals surface area contributed by atoms with E-state index in [9.17, 15) is 9.90 Å². The normalized spacial score (nSPS) is 15.2. The Kier molecular flexibility index (Phi) is 2.72. The lowest BCUT2D eigenvalue weighted by atomic mass is 10.2. The molecule has 1 aromatic carbocycles. The van der Waals surface area contributed by atoms with Gasteiger partial charge in [-0.05, 0) is 5.56 Å². The van der Waals surface area contributed by atoms with E-state index in [1.54, 1.807) is 11.1 Å². The first kappa shape index (κ1) is 12.6. The number of carboxylic acids is 1. The van der Waals surface area contributed by atoms with E-state index in [4.69, 9.17) is 4.84 Å². The van der Waals surface area contributed by atoms with Crippen molar-refractivity contribution in [1.82, 2.24) is 14.8 Å². The highest BCUT2D eigenvalue weighted by molar-refractivity contribution is 6.11. The van der Waals surface area contributed by atoms with E-state index >= 15 is 0 Å². The van der Waals surface area contributed by atoms with Gasteiger partial charge in [0.25, 0.3) is 0 Å². The number of aliphatic carboxylic acids is 1. The average molecular weight is 296 g/mol. The van der Waals surface area contributed by atoms with E-state index in [0.29, 0.717) is 23.7 Å². The fraction of sp³-hybridized carbons (Fsp3) is 0.133. The summed E-state index contributed by atoms with van der Waals surface area (Å²) in [6.45, 7) is 0.761. The van der Waals surface area contributed by atoms with Gasteiger partial charge in [0.2, 0.25) is 0 Å². The van der Waals surface area contributed by atoms with Crippen molar-refractivity contribution < 1.29 is 14.7 Å². The number of aliphatic imine (C=N–C) groups is 1. The summed E-state index contributed by atoms with van der Waals surface area (Å²) in [5.74, 6) is -1.03. The molecule has 2 aliphatic rings. The monoisotopic (exact) mass is 296 g/mol. The molecule has 1 aromatic heterocycles. The van der Waals surface area contributed by atoms with Gasteiger partial charge in [-0.25, -0.2) is 9.79 Å². The van der Waals surface area contributed by atoms with Crippen LogP contribution >= 0.6 is 0 Å². The molecule has 4 rings (SSSR count). The van der Waals surface area contributed by atoms with Crippen LogP contribution < -0.4 is 15.4 Å². The second-order valence-electron chi connectivity index (χ2n) is 5.01. The molecule has 110 valence electrons. The second-order valence-corrected chi connectivity index (χ2v) is 5.01. The lowest BCUT2D eigenvalue weighted by molar-refractivity contribution is -0.131. The van der Waals surface area contributed by atoms with Crippen molar-refractivity contribution in [3.8, 4) is 0 Å². The van der Waals surface area contributed by atoms with Crippen molar-refractivity contribution in [2.75, 3.05) is 6.54 Å². The topological polar surface area (TPSA) is 79.9 Å². The van der Waals surface area contributed by atoms with E-state index in [1.807, 2.05) is 30.3 Å². The minimum atomic E-state index is -1.03. The number of nitrogens with zero attached hydrogens (tertiary/aromatic N) is 4. The average Bonchev–Trinajstić information content (AvgIpc) is 3.12. The fourth-order valence-electron chi connectivity index (χ4n) is 2.60. The van der Waals surface area contributed by atoms with Gasteiger partial charge in [0, 0.05) is 5.22 Å². The third kappa shape index (κ3) is 1.86. The highest BCUT2D eigenvalue weighted by atomic mass is 16.7. The molecule has 0 saturated carbocycles. The molecular weight excluding hydrogens is 284 g/mol. The number of aromatic nitrogens is 2. The smallest absolute Gasteiger partial charge is 0.354 e.